The first-order valence-corrected chi connectivity index (χ1v) is 9.78. The number of nitrogens with one attached hydrogen (secondary N) is 1. The Hall–Kier alpha value is -1.72. The largest absolute Gasteiger partial charge is 0.325 e. The van der Waals surface area contributed by atoms with Gasteiger partial charge in [0.25, 0.3) is 0 Å². The lowest BCUT2D eigenvalue weighted by molar-refractivity contribution is 0.329. The van der Waals surface area contributed by atoms with Gasteiger partial charge in [-0.1, -0.05) is 18.5 Å². The first kappa shape index (κ1) is 16.5. The van der Waals surface area contributed by atoms with Gasteiger partial charge >= 0.3 is 0 Å². The predicted octanol–water partition coefficient (Wildman–Crippen LogP) is 4.09. The Morgan fingerprint density at radius 3 is 2.88 bits per heavy atom. The van der Waals surface area contributed by atoms with E-state index in [-0.39, 0.29) is 16.3 Å². The van der Waals surface area contributed by atoms with E-state index in [0.29, 0.717) is 5.92 Å². The number of benzene rings is 1. The molecule has 1 N–H and O–H groups in total. The number of piperidine rings is 1. The van der Waals surface area contributed by atoms with Crippen LogP contribution in [0.2, 0.25) is 5.02 Å². The molecule has 0 saturated carbocycles. The first-order chi connectivity index (χ1) is 12.6. The summed E-state index contributed by atoms with van der Waals surface area (Å²) in [6.07, 6.45) is 5.82. The highest BCUT2D eigenvalue weighted by Crippen LogP contribution is 2.51. The van der Waals surface area contributed by atoms with Crippen molar-refractivity contribution < 1.29 is 4.39 Å². The second kappa shape index (κ2) is 5.89. The van der Waals surface area contributed by atoms with E-state index in [2.05, 4.69) is 27.1 Å². The lowest BCUT2D eigenvalue weighted by atomic mass is 9.75. The normalized spacial score (nSPS) is 23.3. The molecule has 3 heterocycles. The Balaban J connectivity index is 1.69. The monoisotopic (exact) mass is 372 g/mol. The lowest BCUT2D eigenvalue weighted by Gasteiger charge is -2.35. The molecule has 1 spiro atoms. The predicted molar refractivity (Wildman–Crippen MR) is 101 cm³/mol. The number of hydrogen-bond donors (Lipinski definition) is 1. The van der Waals surface area contributed by atoms with Crippen LogP contribution >= 0.6 is 11.6 Å². The third-order valence-corrected chi connectivity index (χ3v) is 6.72. The van der Waals surface area contributed by atoms with Crippen molar-refractivity contribution in [3.8, 4) is 0 Å². The molecule has 1 unspecified atom stereocenters. The minimum absolute atomic E-state index is 0.0115. The van der Waals surface area contributed by atoms with Crippen molar-refractivity contribution in [2.45, 2.75) is 43.9 Å². The van der Waals surface area contributed by atoms with E-state index in [0.717, 1.165) is 62.5 Å². The van der Waals surface area contributed by atoms with Gasteiger partial charge < -0.3 is 10.2 Å². The molecule has 0 radical (unpaired) electrons. The summed E-state index contributed by atoms with van der Waals surface area (Å²) in [7, 11) is 0. The molecule has 5 rings (SSSR count). The van der Waals surface area contributed by atoms with Crippen molar-refractivity contribution in [2.75, 3.05) is 24.5 Å². The summed E-state index contributed by atoms with van der Waals surface area (Å²) in [6.45, 7) is 5.01. The second-order valence-electron chi connectivity index (χ2n) is 7.90. The van der Waals surface area contributed by atoms with Gasteiger partial charge in [0.15, 0.2) is 0 Å². The summed E-state index contributed by atoms with van der Waals surface area (Å²) in [5, 5.41) is 3.66. The summed E-state index contributed by atoms with van der Waals surface area (Å²) in [5.41, 5.74) is 4.49. The summed E-state index contributed by atoms with van der Waals surface area (Å²) in [5.74, 6) is 1.03. The van der Waals surface area contributed by atoms with Crippen molar-refractivity contribution in [2.24, 2.45) is 0 Å². The van der Waals surface area contributed by atoms with Crippen LogP contribution in [0.25, 0.3) is 0 Å². The third kappa shape index (κ3) is 2.30. The lowest BCUT2D eigenvalue weighted by Crippen LogP contribution is -2.42. The molecule has 1 fully saturated rings. The van der Waals surface area contributed by atoms with Crippen LogP contribution in [0.15, 0.2) is 18.5 Å². The molecule has 1 saturated heterocycles. The number of rotatable bonds is 1. The van der Waals surface area contributed by atoms with Gasteiger partial charge in [-0.15, -0.1) is 0 Å². The van der Waals surface area contributed by atoms with Crippen molar-refractivity contribution in [1.82, 2.24) is 15.3 Å². The SMILES string of the molecule is CC1CCc2ncnc(N3CC4(CCNCC4)c4cc(Cl)c(F)cc43)c21. The molecule has 0 amide bonds. The topological polar surface area (TPSA) is 41.1 Å². The quantitative estimate of drug-likeness (QED) is 0.818. The smallest absolute Gasteiger partial charge is 0.143 e. The molecule has 0 bridgehead atoms. The van der Waals surface area contributed by atoms with Gasteiger partial charge in [0.2, 0.25) is 0 Å². The number of halogens is 2. The molecular formula is C20H22ClFN4. The fourth-order valence-corrected chi connectivity index (χ4v) is 5.18. The highest BCUT2D eigenvalue weighted by molar-refractivity contribution is 6.31. The fourth-order valence-electron chi connectivity index (χ4n) is 5.02. The Morgan fingerprint density at radius 2 is 2.08 bits per heavy atom. The molecule has 136 valence electrons. The number of nitrogens with zero attached hydrogens (tertiary/aromatic N) is 3. The van der Waals surface area contributed by atoms with Gasteiger partial charge in [0.1, 0.15) is 18.0 Å². The zero-order valence-electron chi connectivity index (χ0n) is 14.9. The van der Waals surface area contributed by atoms with Gasteiger partial charge in [-0.3, -0.25) is 0 Å². The molecule has 2 aliphatic heterocycles. The van der Waals surface area contributed by atoms with Crippen LogP contribution in [0.3, 0.4) is 0 Å². The molecule has 6 heteroatoms. The summed E-state index contributed by atoms with van der Waals surface area (Å²) in [4.78, 5) is 11.4. The van der Waals surface area contributed by atoms with Crippen molar-refractivity contribution in [3.05, 3.63) is 46.1 Å². The minimum Gasteiger partial charge on any atom is -0.325 e. The van der Waals surface area contributed by atoms with Crippen LogP contribution in [0.1, 0.15) is 48.9 Å². The maximum Gasteiger partial charge on any atom is 0.143 e. The zero-order valence-corrected chi connectivity index (χ0v) is 15.6. The Morgan fingerprint density at radius 1 is 1.27 bits per heavy atom. The fraction of sp³-hybridized carbons (Fsp3) is 0.500. The molecule has 1 aromatic heterocycles. The van der Waals surface area contributed by atoms with Gasteiger partial charge in [-0.05, 0) is 62.4 Å². The van der Waals surface area contributed by atoms with E-state index in [1.807, 2.05) is 6.07 Å². The first-order valence-electron chi connectivity index (χ1n) is 9.41. The van der Waals surface area contributed by atoms with Gasteiger partial charge in [0, 0.05) is 28.9 Å². The summed E-state index contributed by atoms with van der Waals surface area (Å²) in [6, 6.07) is 3.45. The molecule has 3 aliphatic rings. The molecular weight excluding hydrogens is 351 g/mol. The number of aromatic nitrogens is 2. The highest BCUT2D eigenvalue weighted by atomic mass is 35.5. The van der Waals surface area contributed by atoms with Gasteiger partial charge in [-0.25, -0.2) is 14.4 Å². The van der Waals surface area contributed by atoms with Gasteiger partial charge in [-0.2, -0.15) is 0 Å². The number of aryl methyl sites for hydroxylation is 1. The molecule has 1 atom stereocenters. The van der Waals surface area contributed by atoms with Crippen LogP contribution in [0.5, 0.6) is 0 Å². The second-order valence-corrected chi connectivity index (χ2v) is 8.30. The average Bonchev–Trinajstić information content (AvgIpc) is 3.16. The van der Waals surface area contributed by atoms with Crippen LogP contribution in [-0.4, -0.2) is 29.6 Å². The number of anilines is 2. The van der Waals surface area contributed by atoms with E-state index in [9.17, 15) is 4.39 Å². The van der Waals surface area contributed by atoms with E-state index in [1.54, 1.807) is 12.4 Å². The Kier molecular flexibility index (Phi) is 3.73. The standard InChI is InChI=1S/C20H22ClFN4/c1-12-2-3-16-18(12)19(25-11-24-16)26-10-20(4-6-23-7-5-20)13-8-14(21)15(22)9-17(13)26/h8-9,11-12,23H,2-7,10H2,1H3. The summed E-state index contributed by atoms with van der Waals surface area (Å²) >= 11 is 6.17. The molecule has 1 aromatic carbocycles. The molecule has 26 heavy (non-hydrogen) atoms. The average molecular weight is 373 g/mol. The maximum atomic E-state index is 14.4. The Labute approximate surface area is 157 Å². The van der Waals surface area contributed by atoms with Crippen LogP contribution < -0.4 is 10.2 Å². The van der Waals surface area contributed by atoms with Crippen LogP contribution in [0.4, 0.5) is 15.9 Å². The van der Waals surface area contributed by atoms with Crippen LogP contribution in [0, 0.1) is 5.82 Å². The number of fused-ring (bicyclic) bond motifs is 3. The third-order valence-electron chi connectivity index (χ3n) is 6.43. The molecule has 4 nitrogen and oxygen atoms in total. The maximum absolute atomic E-state index is 14.4. The summed E-state index contributed by atoms with van der Waals surface area (Å²) < 4.78 is 14.4. The van der Waals surface area contributed by atoms with E-state index >= 15 is 0 Å². The molecule has 1 aliphatic carbocycles. The number of hydrogen-bond acceptors (Lipinski definition) is 4. The van der Waals surface area contributed by atoms with E-state index in [1.165, 1.54) is 11.1 Å². The van der Waals surface area contributed by atoms with Crippen molar-refractivity contribution in [3.63, 3.8) is 0 Å². The van der Waals surface area contributed by atoms with E-state index in [4.69, 9.17) is 11.6 Å². The van der Waals surface area contributed by atoms with Crippen molar-refractivity contribution >= 4 is 23.1 Å². The minimum atomic E-state index is -0.361. The van der Waals surface area contributed by atoms with E-state index < -0.39 is 0 Å². The van der Waals surface area contributed by atoms with Crippen LogP contribution in [-0.2, 0) is 11.8 Å². The Bertz CT molecular complexity index is 878. The zero-order chi connectivity index (χ0) is 17.9. The van der Waals surface area contributed by atoms with Crippen molar-refractivity contribution in [1.29, 1.82) is 0 Å². The molecule has 2 aromatic rings. The highest BCUT2D eigenvalue weighted by Gasteiger charge is 2.45. The van der Waals surface area contributed by atoms with Gasteiger partial charge in [0.05, 0.1) is 5.02 Å².